The van der Waals surface area contributed by atoms with Gasteiger partial charge in [-0.05, 0) is 6.92 Å². The van der Waals surface area contributed by atoms with Gasteiger partial charge in [-0.25, -0.2) is 0 Å². The van der Waals surface area contributed by atoms with Crippen molar-refractivity contribution in [1.29, 1.82) is 5.26 Å². The van der Waals surface area contributed by atoms with E-state index < -0.39 is 0 Å². The van der Waals surface area contributed by atoms with Gasteiger partial charge in [0, 0.05) is 13.5 Å². The molecule has 0 aliphatic carbocycles. The predicted molar refractivity (Wildman–Crippen MR) is 32.0 cm³/mol. The number of rotatable bonds is 1. The molecule has 0 spiro atoms. The molecule has 0 aromatic heterocycles. The fourth-order valence-electron chi connectivity index (χ4n) is 0. The Morgan fingerprint density at radius 3 is 2.00 bits per heavy atom. The molecule has 0 aromatic rings. The summed E-state index contributed by atoms with van der Waals surface area (Å²) in [5.74, 6) is 0. The summed E-state index contributed by atoms with van der Waals surface area (Å²) in [7, 11) is 0. The van der Waals surface area contributed by atoms with Gasteiger partial charge in [0.15, 0.2) is 0 Å². The van der Waals surface area contributed by atoms with Crippen LogP contribution in [0.1, 0.15) is 13.8 Å². The molecule has 0 bridgehead atoms. The van der Waals surface area contributed by atoms with Gasteiger partial charge in [0.25, 0.3) is 0 Å². The molecule has 0 radical (unpaired) electrons. The van der Waals surface area contributed by atoms with E-state index in [1.807, 2.05) is 0 Å². The van der Waals surface area contributed by atoms with E-state index in [1.54, 1.807) is 13.0 Å². The van der Waals surface area contributed by atoms with Crippen LogP contribution in [0.25, 0.3) is 0 Å². The minimum Gasteiger partial charge on any atom is -0.392 e. The molecule has 0 amide bonds. The standard InChI is InChI=1S/C3H9NO.C2H3N/c1-3(5)2-4;1-2-3/h3,5H,2,4H2,1H3;1H3. The summed E-state index contributed by atoms with van der Waals surface area (Å²) in [5, 5.41) is 15.6. The van der Waals surface area contributed by atoms with Crippen LogP contribution < -0.4 is 5.73 Å². The molecule has 0 heterocycles. The van der Waals surface area contributed by atoms with Crippen LogP contribution in [0, 0.1) is 11.3 Å². The van der Waals surface area contributed by atoms with Gasteiger partial charge < -0.3 is 10.8 Å². The lowest BCUT2D eigenvalue weighted by atomic mass is 10.4. The van der Waals surface area contributed by atoms with Crippen LogP contribution in [0.3, 0.4) is 0 Å². The Balaban J connectivity index is 0. The van der Waals surface area contributed by atoms with Crippen LogP contribution in [0.15, 0.2) is 0 Å². The highest BCUT2D eigenvalue weighted by molar-refractivity contribution is 4.51. The first kappa shape index (κ1) is 10.4. The number of aliphatic hydroxyl groups excluding tert-OH is 1. The zero-order valence-electron chi connectivity index (χ0n) is 5.26. The van der Waals surface area contributed by atoms with Crippen molar-refractivity contribution >= 4 is 0 Å². The molecule has 48 valence electrons. The fraction of sp³-hybridized carbons (Fsp3) is 0.800. The van der Waals surface area contributed by atoms with Gasteiger partial charge in [-0.15, -0.1) is 0 Å². The zero-order valence-corrected chi connectivity index (χ0v) is 5.26. The number of aliphatic hydroxyl groups is 1. The van der Waals surface area contributed by atoms with E-state index in [-0.39, 0.29) is 6.10 Å². The van der Waals surface area contributed by atoms with Crippen molar-refractivity contribution in [2.24, 2.45) is 5.73 Å². The Morgan fingerprint density at radius 1 is 1.88 bits per heavy atom. The van der Waals surface area contributed by atoms with Crippen molar-refractivity contribution in [3.63, 3.8) is 0 Å². The van der Waals surface area contributed by atoms with Crippen molar-refractivity contribution in [2.75, 3.05) is 6.54 Å². The quantitative estimate of drug-likeness (QED) is 0.500. The Labute approximate surface area is 49.7 Å². The van der Waals surface area contributed by atoms with Crippen molar-refractivity contribution < 1.29 is 5.11 Å². The van der Waals surface area contributed by atoms with Gasteiger partial charge in [-0.3, -0.25) is 0 Å². The Bertz CT molecular complexity index is 65.3. The molecule has 3 N–H and O–H groups in total. The third-order valence-electron chi connectivity index (χ3n) is 0.341. The van der Waals surface area contributed by atoms with Crippen LogP contribution in [-0.2, 0) is 0 Å². The van der Waals surface area contributed by atoms with Gasteiger partial charge in [0.1, 0.15) is 0 Å². The average Bonchev–Trinajstić information content (AvgIpc) is 1.69. The summed E-state index contributed by atoms with van der Waals surface area (Å²) in [6, 6.07) is 1.75. The molecule has 1 atom stereocenters. The van der Waals surface area contributed by atoms with E-state index in [0.29, 0.717) is 6.54 Å². The molecular formula is C5H12N2O. The van der Waals surface area contributed by atoms with E-state index in [1.165, 1.54) is 6.92 Å². The third-order valence-corrected chi connectivity index (χ3v) is 0.341. The van der Waals surface area contributed by atoms with Crippen LogP contribution in [0.2, 0.25) is 0 Å². The summed E-state index contributed by atoms with van der Waals surface area (Å²) >= 11 is 0. The molecule has 0 aliphatic rings. The Morgan fingerprint density at radius 2 is 2.00 bits per heavy atom. The largest absolute Gasteiger partial charge is 0.392 e. The topological polar surface area (TPSA) is 70.0 Å². The van der Waals surface area contributed by atoms with Gasteiger partial charge in [-0.2, -0.15) is 5.26 Å². The first-order chi connectivity index (χ1) is 3.68. The first-order valence-corrected chi connectivity index (χ1v) is 2.38. The van der Waals surface area contributed by atoms with Gasteiger partial charge in [0.2, 0.25) is 0 Å². The fourth-order valence-corrected chi connectivity index (χ4v) is 0. The number of hydrogen-bond donors (Lipinski definition) is 2. The molecule has 0 aliphatic heterocycles. The van der Waals surface area contributed by atoms with Gasteiger partial charge >= 0.3 is 0 Å². The maximum absolute atomic E-state index is 8.24. The summed E-state index contributed by atoms with van der Waals surface area (Å²) in [4.78, 5) is 0. The molecule has 0 saturated carbocycles. The molecule has 3 heteroatoms. The normalized spacial score (nSPS) is 10.4. The second-order valence-electron chi connectivity index (χ2n) is 1.31. The van der Waals surface area contributed by atoms with Crippen LogP contribution in [0.5, 0.6) is 0 Å². The number of hydrogen-bond acceptors (Lipinski definition) is 3. The van der Waals surface area contributed by atoms with Crippen molar-refractivity contribution in [2.45, 2.75) is 20.0 Å². The van der Waals surface area contributed by atoms with E-state index >= 15 is 0 Å². The average molecular weight is 116 g/mol. The zero-order chi connectivity index (χ0) is 6.99. The number of nitrogens with zero attached hydrogens (tertiary/aromatic N) is 1. The monoisotopic (exact) mass is 116 g/mol. The molecule has 1 unspecified atom stereocenters. The second kappa shape index (κ2) is 9.65. The van der Waals surface area contributed by atoms with Gasteiger partial charge in [0.05, 0.1) is 12.2 Å². The van der Waals surface area contributed by atoms with Crippen molar-refractivity contribution in [1.82, 2.24) is 0 Å². The number of nitrogens with two attached hydrogens (primary N) is 1. The second-order valence-corrected chi connectivity index (χ2v) is 1.31. The highest BCUT2D eigenvalue weighted by Gasteiger charge is 1.81. The third kappa shape index (κ3) is 52.9. The SMILES string of the molecule is CC#N.CC(O)CN. The van der Waals surface area contributed by atoms with E-state index in [2.05, 4.69) is 0 Å². The molecular weight excluding hydrogens is 104 g/mol. The maximum Gasteiger partial charge on any atom is 0.0634 e. The molecule has 0 fully saturated rings. The highest BCUT2D eigenvalue weighted by atomic mass is 16.3. The lowest BCUT2D eigenvalue weighted by molar-refractivity contribution is 0.203. The van der Waals surface area contributed by atoms with E-state index in [9.17, 15) is 0 Å². The smallest absolute Gasteiger partial charge is 0.0634 e. The van der Waals surface area contributed by atoms with Crippen LogP contribution >= 0.6 is 0 Å². The Hall–Kier alpha value is -0.590. The molecule has 0 rings (SSSR count). The van der Waals surface area contributed by atoms with Crippen molar-refractivity contribution in [3.05, 3.63) is 0 Å². The van der Waals surface area contributed by atoms with Crippen molar-refractivity contribution in [3.8, 4) is 6.07 Å². The summed E-state index contributed by atoms with van der Waals surface area (Å²) in [6.45, 7) is 3.44. The lowest BCUT2D eigenvalue weighted by Gasteiger charge is -1.91. The predicted octanol–water partition coefficient (Wildman–Crippen LogP) is -0.144. The summed E-state index contributed by atoms with van der Waals surface area (Å²) < 4.78 is 0. The van der Waals surface area contributed by atoms with Crippen LogP contribution in [-0.4, -0.2) is 17.8 Å². The summed E-state index contributed by atoms with van der Waals surface area (Å²) in [6.07, 6.45) is -0.338. The van der Waals surface area contributed by atoms with Gasteiger partial charge in [-0.1, -0.05) is 0 Å². The van der Waals surface area contributed by atoms with E-state index in [4.69, 9.17) is 16.1 Å². The van der Waals surface area contributed by atoms with E-state index in [0.717, 1.165) is 0 Å². The minimum absolute atomic E-state index is 0.338. The molecule has 0 saturated heterocycles. The first-order valence-electron chi connectivity index (χ1n) is 2.38. The number of nitriles is 1. The van der Waals surface area contributed by atoms with Crippen LogP contribution in [0.4, 0.5) is 0 Å². The minimum atomic E-state index is -0.338. The maximum atomic E-state index is 8.24. The molecule has 0 aromatic carbocycles. The summed E-state index contributed by atoms with van der Waals surface area (Å²) in [5.41, 5.74) is 4.92. The lowest BCUT2D eigenvalue weighted by Crippen LogP contribution is -2.14. The molecule has 8 heavy (non-hydrogen) atoms. The Kier molecular flexibility index (Phi) is 12.5. The molecule has 3 nitrogen and oxygen atoms in total. The highest BCUT2D eigenvalue weighted by Crippen LogP contribution is 1.65.